The summed E-state index contributed by atoms with van der Waals surface area (Å²) in [5.41, 5.74) is 7.56. The van der Waals surface area contributed by atoms with Gasteiger partial charge in [-0.25, -0.2) is 0 Å². The van der Waals surface area contributed by atoms with Crippen LogP contribution in [0.2, 0.25) is 0 Å². The van der Waals surface area contributed by atoms with Crippen LogP contribution in [-0.4, -0.2) is 15.8 Å². The Labute approximate surface area is 236 Å². The van der Waals surface area contributed by atoms with Crippen molar-refractivity contribution in [3.8, 4) is 0 Å². The third-order valence-corrected chi connectivity index (χ3v) is 8.32. The quantitative estimate of drug-likeness (QED) is 0.165. The van der Waals surface area contributed by atoms with Crippen molar-refractivity contribution in [1.29, 1.82) is 0 Å². The first-order valence-corrected chi connectivity index (χ1v) is 14.5. The molecule has 2 aromatic heterocycles. The van der Waals surface area contributed by atoms with Crippen LogP contribution in [0.5, 0.6) is 0 Å². The summed E-state index contributed by atoms with van der Waals surface area (Å²) in [6.45, 7) is 0. The van der Waals surface area contributed by atoms with Crippen molar-refractivity contribution >= 4 is 27.6 Å². The molecule has 2 unspecified atom stereocenters. The molecule has 200 valence electrons. The summed E-state index contributed by atoms with van der Waals surface area (Å²) in [5.74, 6) is 0.934. The van der Waals surface area contributed by atoms with E-state index in [0.29, 0.717) is 18.6 Å². The number of hydrogen-bond donors (Lipinski definition) is 2. The Balaban J connectivity index is 1.17. The molecule has 0 saturated heterocycles. The summed E-state index contributed by atoms with van der Waals surface area (Å²) in [6, 6.07) is 38.3. The molecule has 0 amide bonds. The molecule has 3 nitrogen and oxygen atoms in total. The zero-order chi connectivity index (χ0) is 27.1. The maximum absolute atomic E-state index is 13.4. The number of hydrogen-bond acceptors (Lipinski definition) is 1. The summed E-state index contributed by atoms with van der Waals surface area (Å²) in [7, 11) is 0. The SMILES string of the molecule is O=C(CCC(Cc1ccccc1)c1c[nH]c2ccccc12)CCC(Cc1ccccc1)c1c[nH]c2ccccc12. The number of aromatic amines is 2. The predicted octanol–water partition coefficient (Wildman–Crippen LogP) is 9.13. The minimum Gasteiger partial charge on any atom is -0.361 e. The summed E-state index contributed by atoms with van der Waals surface area (Å²) >= 11 is 0. The Kier molecular flexibility index (Phi) is 7.90. The summed E-state index contributed by atoms with van der Waals surface area (Å²) in [6.07, 6.45) is 9.07. The number of H-pyrrole nitrogens is 2. The van der Waals surface area contributed by atoms with Gasteiger partial charge in [0, 0.05) is 47.0 Å². The summed E-state index contributed by atoms with van der Waals surface area (Å²) < 4.78 is 0. The molecule has 3 heteroatoms. The predicted molar refractivity (Wildman–Crippen MR) is 166 cm³/mol. The molecule has 2 atom stereocenters. The fourth-order valence-electron chi connectivity index (χ4n) is 6.19. The lowest BCUT2D eigenvalue weighted by Gasteiger charge is -2.19. The highest BCUT2D eigenvalue weighted by molar-refractivity contribution is 5.85. The van der Waals surface area contributed by atoms with Gasteiger partial charge in [0.2, 0.25) is 0 Å². The molecule has 0 radical (unpaired) electrons. The Morgan fingerprint density at radius 3 is 1.38 bits per heavy atom. The van der Waals surface area contributed by atoms with E-state index in [-0.39, 0.29) is 11.8 Å². The second-order valence-electron chi connectivity index (χ2n) is 11.0. The number of ketones is 1. The number of carbonyl (C=O) groups excluding carboxylic acids is 1. The van der Waals surface area contributed by atoms with E-state index < -0.39 is 0 Å². The molecular weight excluding hydrogens is 488 g/mol. The standard InChI is InChI=1S/C37H36N2O/c40-31(21-19-29(23-27-11-3-1-4-12-27)34-25-38-36-17-9-7-15-32(34)36)22-20-30(24-28-13-5-2-6-14-28)35-26-39-37-18-10-8-16-33(35)37/h1-18,25-26,29-30,38-39H,19-24H2. The van der Waals surface area contributed by atoms with Crippen LogP contribution in [0.25, 0.3) is 21.8 Å². The van der Waals surface area contributed by atoms with Gasteiger partial charge in [-0.3, -0.25) is 4.79 Å². The highest BCUT2D eigenvalue weighted by atomic mass is 16.1. The second-order valence-corrected chi connectivity index (χ2v) is 11.0. The van der Waals surface area contributed by atoms with Gasteiger partial charge >= 0.3 is 0 Å². The monoisotopic (exact) mass is 524 g/mol. The third-order valence-electron chi connectivity index (χ3n) is 8.32. The Bertz CT molecular complexity index is 1550. The van der Waals surface area contributed by atoms with Gasteiger partial charge < -0.3 is 9.97 Å². The van der Waals surface area contributed by atoms with Crippen molar-refractivity contribution in [3.05, 3.63) is 144 Å². The maximum Gasteiger partial charge on any atom is 0.132 e. The number of para-hydroxylation sites is 2. The number of benzene rings is 4. The van der Waals surface area contributed by atoms with E-state index in [9.17, 15) is 4.79 Å². The van der Waals surface area contributed by atoms with Crippen molar-refractivity contribution in [2.45, 2.75) is 50.4 Å². The van der Waals surface area contributed by atoms with Crippen LogP contribution in [0.15, 0.2) is 122 Å². The van der Waals surface area contributed by atoms with Gasteiger partial charge in [-0.2, -0.15) is 0 Å². The molecule has 2 N–H and O–H groups in total. The van der Waals surface area contributed by atoms with Crippen molar-refractivity contribution in [1.82, 2.24) is 9.97 Å². The molecule has 40 heavy (non-hydrogen) atoms. The summed E-state index contributed by atoms with van der Waals surface area (Å²) in [5, 5.41) is 2.52. The lowest BCUT2D eigenvalue weighted by Crippen LogP contribution is -2.09. The van der Waals surface area contributed by atoms with Crippen molar-refractivity contribution in [3.63, 3.8) is 0 Å². The Morgan fingerprint density at radius 1 is 0.525 bits per heavy atom. The van der Waals surface area contributed by atoms with Gasteiger partial charge in [0.15, 0.2) is 0 Å². The van der Waals surface area contributed by atoms with Crippen molar-refractivity contribution in [2.75, 3.05) is 0 Å². The minimum atomic E-state index is 0.288. The molecular formula is C37H36N2O. The van der Waals surface area contributed by atoms with Crippen LogP contribution < -0.4 is 0 Å². The van der Waals surface area contributed by atoms with Gasteiger partial charge in [-0.15, -0.1) is 0 Å². The van der Waals surface area contributed by atoms with Crippen molar-refractivity contribution < 1.29 is 4.79 Å². The van der Waals surface area contributed by atoms with Gasteiger partial charge in [0.05, 0.1) is 0 Å². The zero-order valence-electron chi connectivity index (χ0n) is 22.9. The molecule has 0 aliphatic carbocycles. The number of aromatic nitrogens is 2. The molecule has 6 aromatic rings. The molecule has 6 rings (SSSR count). The first kappa shape index (κ1) is 25.9. The maximum atomic E-state index is 13.4. The number of rotatable bonds is 12. The summed E-state index contributed by atoms with van der Waals surface area (Å²) in [4.78, 5) is 20.3. The van der Waals surface area contributed by atoms with Crippen LogP contribution in [-0.2, 0) is 17.6 Å². The molecule has 0 aliphatic rings. The molecule has 2 heterocycles. The molecule has 0 spiro atoms. The fourth-order valence-corrected chi connectivity index (χ4v) is 6.19. The third kappa shape index (κ3) is 5.94. The van der Waals surface area contributed by atoms with Crippen LogP contribution in [0.3, 0.4) is 0 Å². The molecule has 4 aromatic carbocycles. The second kappa shape index (κ2) is 12.2. The molecule has 0 aliphatic heterocycles. The van der Waals surface area contributed by atoms with Crippen LogP contribution in [0.4, 0.5) is 0 Å². The van der Waals surface area contributed by atoms with E-state index in [0.717, 1.165) is 36.7 Å². The highest BCUT2D eigenvalue weighted by Gasteiger charge is 2.21. The number of carbonyl (C=O) groups is 1. The average Bonchev–Trinajstić information content (AvgIpc) is 3.63. The lowest BCUT2D eigenvalue weighted by atomic mass is 9.85. The van der Waals surface area contributed by atoms with E-state index in [1.807, 2.05) is 0 Å². The zero-order valence-corrected chi connectivity index (χ0v) is 22.9. The van der Waals surface area contributed by atoms with Gasteiger partial charge in [0.25, 0.3) is 0 Å². The molecule has 0 bridgehead atoms. The van der Waals surface area contributed by atoms with Crippen LogP contribution in [0.1, 0.15) is 59.8 Å². The minimum absolute atomic E-state index is 0.288. The van der Waals surface area contributed by atoms with Crippen LogP contribution >= 0.6 is 0 Å². The van der Waals surface area contributed by atoms with Crippen LogP contribution in [0, 0.1) is 0 Å². The van der Waals surface area contributed by atoms with Crippen molar-refractivity contribution in [2.24, 2.45) is 0 Å². The smallest absolute Gasteiger partial charge is 0.132 e. The van der Waals surface area contributed by atoms with Gasteiger partial charge in [0.1, 0.15) is 5.78 Å². The van der Waals surface area contributed by atoms with Gasteiger partial charge in [-0.05, 0) is 71.9 Å². The number of fused-ring (bicyclic) bond motifs is 2. The van der Waals surface area contributed by atoms with Gasteiger partial charge in [-0.1, -0.05) is 97.1 Å². The van der Waals surface area contributed by atoms with E-state index in [2.05, 4.69) is 132 Å². The number of Topliss-reactive ketones (excluding diaryl/α,β-unsaturated/α-hetero) is 1. The molecule has 0 saturated carbocycles. The lowest BCUT2D eigenvalue weighted by molar-refractivity contribution is -0.119. The first-order valence-electron chi connectivity index (χ1n) is 14.5. The Hall–Kier alpha value is -4.37. The largest absolute Gasteiger partial charge is 0.361 e. The highest BCUT2D eigenvalue weighted by Crippen LogP contribution is 2.34. The van der Waals surface area contributed by atoms with E-state index in [1.54, 1.807) is 0 Å². The van der Waals surface area contributed by atoms with E-state index in [1.165, 1.54) is 33.0 Å². The van der Waals surface area contributed by atoms with E-state index >= 15 is 0 Å². The van der Waals surface area contributed by atoms with E-state index in [4.69, 9.17) is 0 Å². The normalized spacial score (nSPS) is 13.0. The average molecular weight is 525 g/mol. The number of nitrogens with one attached hydrogen (secondary N) is 2. The fraction of sp³-hybridized carbons (Fsp3) is 0.216. The Morgan fingerprint density at radius 2 is 0.925 bits per heavy atom. The first-order chi connectivity index (χ1) is 19.7. The topological polar surface area (TPSA) is 48.6 Å². The molecule has 0 fully saturated rings.